The lowest BCUT2D eigenvalue weighted by Gasteiger charge is -2.35. The SMILES string of the molecule is Cc1cccc(C)c1C(=O)N1CCNC(=O)C1CC(=O)O. The van der Waals surface area contributed by atoms with Crippen LogP contribution in [0.25, 0.3) is 0 Å². The van der Waals surface area contributed by atoms with Crippen molar-refractivity contribution in [3.05, 3.63) is 34.9 Å². The molecule has 2 N–H and O–H groups in total. The van der Waals surface area contributed by atoms with Crippen molar-refractivity contribution in [3.63, 3.8) is 0 Å². The standard InChI is InChI=1S/C15H18N2O4/c1-9-4-3-5-10(2)13(9)15(21)17-7-6-16-14(20)11(17)8-12(18)19/h3-5,11H,6-8H2,1-2H3,(H,16,20)(H,18,19). The summed E-state index contributed by atoms with van der Waals surface area (Å²) in [7, 11) is 0. The minimum atomic E-state index is -1.10. The number of benzene rings is 1. The molecule has 112 valence electrons. The summed E-state index contributed by atoms with van der Waals surface area (Å²) in [6, 6.07) is 4.56. The van der Waals surface area contributed by atoms with Gasteiger partial charge in [-0.25, -0.2) is 0 Å². The van der Waals surface area contributed by atoms with E-state index in [1.165, 1.54) is 4.90 Å². The molecule has 1 atom stereocenters. The first kappa shape index (κ1) is 15.0. The van der Waals surface area contributed by atoms with Crippen LogP contribution in [0, 0.1) is 13.8 Å². The number of piperazine rings is 1. The van der Waals surface area contributed by atoms with Crippen molar-refractivity contribution in [3.8, 4) is 0 Å². The van der Waals surface area contributed by atoms with Crippen molar-refractivity contribution < 1.29 is 19.5 Å². The summed E-state index contributed by atoms with van der Waals surface area (Å²) in [5.74, 6) is -1.80. The Morgan fingerprint density at radius 1 is 1.33 bits per heavy atom. The fraction of sp³-hybridized carbons (Fsp3) is 0.400. The Morgan fingerprint density at radius 2 is 1.95 bits per heavy atom. The molecule has 1 aliphatic heterocycles. The molecule has 1 saturated heterocycles. The second-order valence-corrected chi connectivity index (χ2v) is 5.17. The van der Waals surface area contributed by atoms with Crippen LogP contribution in [0.2, 0.25) is 0 Å². The lowest BCUT2D eigenvalue weighted by molar-refractivity contribution is -0.142. The molecule has 6 heteroatoms. The summed E-state index contributed by atoms with van der Waals surface area (Å²) in [4.78, 5) is 36.9. The predicted molar refractivity (Wildman–Crippen MR) is 76.0 cm³/mol. The first-order valence-electron chi connectivity index (χ1n) is 6.78. The van der Waals surface area contributed by atoms with E-state index < -0.39 is 17.9 Å². The van der Waals surface area contributed by atoms with Gasteiger partial charge in [0.25, 0.3) is 5.91 Å². The topological polar surface area (TPSA) is 86.7 Å². The number of rotatable bonds is 3. The molecule has 1 aromatic carbocycles. The normalized spacial score (nSPS) is 18.3. The number of hydrogen-bond donors (Lipinski definition) is 2. The van der Waals surface area contributed by atoms with Gasteiger partial charge in [0.2, 0.25) is 5.91 Å². The van der Waals surface area contributed by atoms with Crippen molar-refractivity contribution in [2.45, 2.75) is 26.3 Å². The molecular weight excluding hydrogens is 272 g/mol. The maximum atomic E-state index is 12.7. The van der Waals surface area contributed by atoms with Gasteiger partial charge in [-0.2, -0.15) is 0 Å². The molecule has 0 spiro atoms. The van der Waals surface area contributed by atoms with E-state index in [0.717, 1.165) is 11.1 Å². The Labute approximate surface area is 122 Å². The first-order valence-corrected chi connectivity index (χ1v) is 6.78. The van der Waals surface area contributed by atoms with Crippen LogP contribution < -0.4 is 5.32 Å². The molecular formula is C15H18N2O4. The van der Waals surface area contributed by atoms with Gasteiger partial charge in [0, 0.05) is 18.7 Å². The van der Waals surface area contributed by atoms with E-state index in [1.54, 1.807) is 0 Å². The van der Waals surface area contributed by atoms with Crippen LogP contribution >= 0.6 is 0 Å². The van der Waals surface area contributed by atoms with Gasteiger partial charge in [-0.15, -0.1) is 0 Å². The summed E-state index contributed by atoms with van der Waals surface area (Å²) in [5, 5.41) is 11.6. The van der Waals surface area contributed by atoms with Gasteiger partial charge >= 0.3 is 5.97 Å². The van der Waals surface area contributed by atoms with E-state index >= 15 is 0 Å². The fourth-order valence-electron chi connectivity index (χ4n) is 2.62. The Hall–Kier alpha value is -2.37. The average molecular weight is 290 g/mol. The number of aliphatic carboxylic acids is 1. The summed E-state index contributed by atoms with van der Waals surface area (Å²) >= 11 is 0. The van der Waals surface area contributed by atoms with Crippen molar-refractivity contribution in [1.82, 2.24) is 10.2 Å². The van der Waals surface area contributed by atoms with E-state index in [4.69, 9.17) is 5.11 Å². The Kier molecular flexibility index (Phi) is 4.26. The first-order chi connectivity index (χ1) is 9.91. The molecule has 0 bridgehead atoms. The quantitative estimate of drug-likeness (QED) is 0.858. The van der Waals surface area contributed by atoms with Gasteiger partial charge in [0.1, 0.15) is 6.04 Å². The minimum Gasteiger partial charge on any atom is -0.481 e. The van der Waals surface area contributed by atoms with Crippen molar-refractivity contribution in [2.75, 3.05) is 13.1 Å². The zero-order valence-electron chi connectivity index (χ0n) is 12.0. The lowest BCUT2D eigenvalue weighted by Crippen LogP contribution is -2.58. The number of nitrogens with one attached hydrogen (secondary N) is 1. The van der Waals surface area contributed by atoms with E-state index in [-0.39, 0.29) is 12.3 Å². The van der Waals surface area contributed by atoms with E-state index in [0.29, 0.717) is 18.7 Å². The van der Waals surface area contributed by atoms with E-state index in [2.05, 4.69) is 5.32 Å². The third kappa shape index (κ3) is 3.04. The minimum absolute atomic E-state index is 0.285. The Bertz CT molecular complexity index is 577. The molecule has 6 nitrogen and oxygen atoms in total. The van der Waals surface area contributed by atoms with Gasteiger partial charge in [-0.1, -0.05) is 18.2 Å². The highest BCUT2D eigenvalue weighted by Crippen LogP contribution is 2.19. The second kappa shape index (κ2) is 5.95. The average Bonchev–Trinajstić information content (AvgIpc) is 2.40. The van der Waals surface area contributed by atoms with Gasteiger partial charge in [0.05, 0.1) is 6.42 Å². The zero-order chi connectivity index (χ0) is 15.6. The number of nitrogens with zero attached hydrogens (tertiary/aromatic N) is 1. The lowest BCUT2D eigenvalue weighted by atomic mass is 9.99. The number of amides is 2. The van der Waals surface area contributed by atoms with Crippen LogP contribution in [-0.2, 0) is 9.59 Å². The van der Waals surface area contributed by atoms with Gasteiger partial charge in [-0.05, 0) is 25.0 Å². The van der Waals surface area contributed by atoms with Gasteiger partial charge < -0.3 is 15.3 Å². The highest BCUT2D eigenvalue weighted by atomic mass is 16.4. The number of aryl methyl sites for hydroxylation is 2. The molecule has 1 heterocycles. The summed E-state index contributed by atoms with van der Waals surface area (Å²) < 4.78 is 0. The van der Waals surface area contributed by atoms with Gasteiger partial charge in [0.15, 0.2) is 0 Å². The molecule has 1 fully saturated rings. The third-order valence-electron chi connectivity index (χ3n) is 3.65. The fourth-order valence-corrected chi connectivity index (χ4v) is 2.62. The number of carboxylic acid groups (broad SMARTS) is 1. The summed E-state index contributed by atoms with van der Waals surface area (Å²) in [6.07, 6.45) is -0.386. The van der Waals surface area contributed by atoms with Crippen LogP contribution in [0.1, 0.15) is 27.9 Å². The van der Waals surface area contributed by atoms with Crippen LogP contribution in [0.3, 0.4) is 0 Å². The third-order valence-corrected chi connectivity index (χ3v) is 3.65. The molecule has 1 aliphatic rings. The molecule has 0 aromatic heterocycles. The molecule has 1 unspecified atom stereocenters. The maximum absolute atomic E-state index is 12.7. The number of carbonyl (C=O) groups is 3. The predicted octanol–water partition coefficient (Wildman–Crippen LogP) is 0.719. The zero-order valence-corrected chi connectivity index (χ0v) is 12.0. The van der Waals surface area contributed by atoms with E-state index in [9.17, 15) is 14.4 Å². The van der Waals surface area contributed by atoms with Crippen molar-refractivity contribution in [1.29, 1.82) is 0 Å². The largest absolute Gasteiger partial charge is 0.481 e. The molecule has 2 rings (SSSR count). The second-order valence-electron chi connectivity index (χ2n) is 5.17. The van der Waals surface area contributed by atoms with Crippen molar-refractivity contribution in [2.24, 2.45) is 0 Å². The smallest absolute Gasteiger partial charge is 0.305 e. The molecule has 1 aromatic rings. The molecule has 2 amide bonds. The number of hydrogen-bond acceptors (Lipinski definition) is 3. The maximum Gasteiger partial charge on any atom is 0.305 e. The molecule has 0 radical (unpaired) electrons. The summed E-state index contributed by atoms with van der Waals surface area (Å²) in [6.45, 7) is 4.31. The number of carbonyl (C=O) groups excluding carboxylic acids is 2. The van der Waals surface area contributed by atoms with Crippen LogP contribution in [0.4, 0.5) is 0 Å². The van der Waals surface area contributed by atoms with E-state index in [1.807, 2.05) is 32.0 Å². The van der Waals surface area contributed by atoms with Crippen LogP contribution in [0.15, 0.2) is 18.2 Å². The molecule has 21 heavy (non-hydrogen) atoms. The number of carboxylic acids is 1. The monoisotopic (exact) mass is 290 g/mol. The Morgan fingerprint density at radius 3 is 2.52 bits per heavy atom. The van der Waals surface area contributed by atoms with Gasteiger partial charge in [-0.3, -0.25) is 14.4 Å². The Balaban J connectivity index is 2.35. The highest BCUT2D eigenvalue weighted by Gasteiger charge is 2.35. The summed E-state index contributed by atoms with van der Waals surface area (Å²) in [5.41, 5.74) is 2.18. The molecule has 0 aliphatic carbocycles. The highest BCUT2D eigenvalue weighted by molar-refractivity contribution is 6.01. The van der Waals surface area contributed by atoms with Crippen LogP contribution in [0.5, 0.6) is 0 Å². The van der Waals surface area contributed by atoms with Crippen LogP contribution in [-0.4, -0.2) is 46.9 Å². The molecule has 0 saturated carbocycles. The van der Waals surface area contributed by atoms with Crippen molar-refractivity contribution >= 4 is 17.8 Å².